The smallest absolute Gasteiger partial charge is 0.409 e. The summed E-state index contributed by atoms with van der Waals surface area (Å²) in [5.41, 5.74) is 1.01. The van der Waals surface area contributed by atoms with E-state index in [1.54, 1.807) is 17.0 Å². The van der Waals surface area contributed by atoms with Crippen LogP contribution < -0.4 is 10.6 Å². The number of methoxy groups -OCH3 is 1. The van der Waals surface area contributed by atoms with Gasteiger partial charge in [0.15, 0.2) is 5.96 Å². The Kier molecular flexibility index (Phi) is 6.19. The zero-order valence-electron chi connectivity index (χ0n) is 16.1. The molecule has 2 N–H and O–H groups in total. The Balaban J connectivity index is 1.58. The zero-order valence-corrected chi connectivity index (χ0v) is 16.1. The Labute approximate surface area is 160 Å². The second-order valence-corrected chi connectivity index (χ2v) is 7.36. The van der Waals surface area contributed by atoms with Crippen molar-refractivity contribution in [1.29, 1.82) is 0 Å². The number of amides is 1. The van der Waals surface area contributed by atoms with Crippen molar-refractivity contribution < 1.29 is 13.9 Å². The average Bonchev–Trinajstić information content (AvgIpc) is 3.47. The third-order valence-electron chi connectivity index (χ3n) is 5.44. The lowest BCUT2D eigenvalue weighted by molar-refractivity contribution is 0.111. The van der Waals surface area contributed by atoms with Gasteiger partial charge in [-0.05, 0) is 50.3 Å². The topological polar surface area (TPSA) is 66.0 Å². The molecule has 0 spiro atoms. The lowest BCUT2D eigenvalue weighted by Gasteiger charge is -2.32. The van der Waals surface area contributed by atoms with E-state index in [4.69, 9.17) is 9.73 Å². The van der Waals surface area contributed by atoms with Crippen molar-refractivity contribution in [2.75, 3.05) is 33.3 Å². The summed E-state index contributed by atoms with van der Waals surface area (Å²) < 4.78 is 18.4. The van der Waals surface area contributed by atoms with E-state index in [1.165, 1.54) is 13.2 Å². The second-order valence-electron chi connectivity index (χ2n) is 7.36. The lowest BCUT2D eigenvalue weighted by Crippen LogP contribution is -2.50. The van der Waals surface area contributed by atoms with E-state index in [1.807, 2.05) is 13.0 Å². The van der Waals surface area contributed by atoms with Crippen LogP contribution in [0.2, 0.25) is 0 Å². The number of ether oxygens (including phenoxy) is 1. The van der Waals surface area contributed by atoms with E-state index in [9.17, 15) is 9.18 Å². The molecule has 1 aliphatic heterocycles. The Hall–Kier alpha value is -2.31. The highest BCUT2D eigenvalue weighted by Gasteiger charge is 2.44. The van der Waals surface area contributed by atoms with Crippen molar-refractivity contribution in [2.45, 2.75) is 44.1 Å². The fraction of sp³-hybridized carbons (Fsp3) is 0.600. The molecule has 1 saturated carbocycles. The van der Waals surface area contributed by atoms with Crippen LogP contribution in [0.4, 0.5) is 9.18 Å². The van der Waals surface area contributed by atoms with Gasteiger partial charge in [0.1, 0.15) is 5.82 Å². The molecule has 3 rings (SSSR count). The average molecular weight is 376 g/mol. The van der Waals surface area contributed by atoms with E-state index in [2.05, 4.69) is 10.6 Å². The molecule has 0 bridgehead atoms. The van der Waals surface area contributed by atoms with Gasteiger partial charge < -0.3 is 20.3 Å². The van der Waals surface area contributed by atoms with Gasteiger partial charge in [0.25, 0.3) is 0 Å². The van der Waals surface area contributed by atoms with Crippen molar-refractivity contribution in [3.8, 4) is 0 Å². The Morgan fingerprint density at radius 2 is 2.11 bits per heavy atom. The molecule has 2 fully saturated rings. The Bertz CT molecular complexity index is 682. The molecule has 2 aliphatic rings. The first-order valence-electron chi connectivity index (χ1n) is 9.70. The molecule has 0 unspecified atom stereocenters. The monoisotopic (exact) mass is 376 g/mol. The van der Waals surface area contributed by atoms with E-state index in [0.717, 1.165) is 43.8 Å². The van der Waals surface area contributed by atoms with Gasteiger partial charge in [-0.2, -0.15) is 0 Å². The number of nitrogens with zero attached hydrogens (tertiary/aromatic N) is 2. The molecule has 1 amide bonds. The van der Waals surface area contributed by atoms with E-state index < -0.39 is 0 Å². The van der Waals surface area contributed by atoms with Crippen LogP contribution in [0.25, 0.3) is 0 Å². The molecule has 1 heterocycles. The Morgan fingerprint density at radius 1 is 1.37 bits per heavy atom. The van der Waals surface area contributed by atoms with Crippen LogP contribution in [0.5, 0.6) is 0 Å². The number of rotatable bonds is 5. The van der Waals surface area contributed by atoms with Gasteiger partial charge in [0, 0.05) is 31.1 Å². The maximum absolute atomic E-state index is 13.6. The summed E-state index contributed by atoms with van der Waals surface area (Å²) in [5, 5.41) is 6.78. The Morgan fingerprint density at radius 3 is 2.70 bits per heavy atom. The summed E-state index contributed by atoms with van der Waals surface area (Å²) in [7, 11) is 1.41. The third kappa shape index (κ3) is 4.90. The van der Waals surface area contributed by atoms with Crippen LogP contribution >= 0.6 is 0 Å². The number of benzene rings is 1. The number of nitrogens with one attached hydrogen (secondary N) is 2. The molecule has 7 heteroatoms. The van der Waals surface area contributed by atoms with Crippen LogP contribution in [0, 0.1) is 5.82 Å². The number of guanidine groups is 1. The maximum Gasteiger partial charge on any atom is 0.409 e. The summed E-state index contributed by atoms with van der Waals surface area (Å²) >= 11 is 0. The van der Waals surface area contributed by atoms with Crippen LogP contribution in [-0.4, -0.2) is 56.3 Å². The number of hydrogen-bond donors (Lipinski definition) is 2. The van der Waals surface area contributed by atoms with Crippen LogP contribution in [0.1, 0.15) is 38.2 Å². The van der Waals surface area contributed by atoms with Crippen molar-refractivity contribution in [3.63, 3.8) is 0 Å². The van der Waals surface area contributed by atoms with Gasteiger partial charge in [0.05, 0.1) is 13.7 Å². The minimum atomic E-state index is -0.264. The van der Waals surface area contributed by atoms with Gasteiger partial charge in [-0.1, -0.05) is 12.1 Å². The molecule has 148 valence electrons. The SMILES string of the molecule is CCNC(=NCC1(c2cccc(F)c2)CC1)NC1CCN(C(=O)OC)CC1. The van der Waals surface area contributed by atoms with Crippen LogP contribution in [-0.2, 0) is 10.2 Å². The summed E-state index contributed by atoms with van der Waals surface area (Å²) in [6.45, 7) is 4.82. The molecule has 1 aromatic rings. The molecule has 0 aromatic heterocycles. The quantitative estimate of drug-likeness (QED) is 0.612. The molecule has 1 aromatic carbocycles. The number of aliphatic imine (C=N–C) groups is 1. The first-order chi connectivity index (χ1) is 13.1. The van der Waals surface area contributed by atoms with Crippen LogP contribution in [0.15, 0.2) is 29.3 Å². The highest BCUT2D eigenvalue weighted by atomic mass is 19.1. The lowest BCUT2D eigenvalue weighted by atomic mass is 9.96. The molecule has 1 aliphatic carbocycles. The molecular formula is C20H29FN4O2. The first-order valence-corrected chi connectivity index (χ1v) is 9.70. The maximum atomic E-state index is 13.6. The number of hydrogen-bond acceptors (Lipinski definition) is 3. The number of piperidine rings is 1. The predicted octanol–water partition coefficient (Wildman–Crippen LogP) is 2.64. The van der Waals surface area contributed by atoms with Crippen molar-refractivity contribution >= 4 is 12.1 Å². The molecule has 0 radical (unpaired) electrons. The molecule has 27 heavy (non-hydrogen) atoms. The molecule has 6 nitrogen and oxygen atoms in total. The number of likely N-dealkylation sites (tertiary alicyclic amines) is 1. The summed E-state index contributed by atoms with van der Waals surface area (Å²) in [6, 6.07) is 7.15. The highest BCUT2D eigenvalue weighted by molar-refractivity contribution is 5.80. The molecule has 0 atom stereocenters. The number of halogens is 1. The second kappa shape index (κ2) is 8.59. The fourth-order valence-corrected chi connectivity index (χ4v) is 3.59. The summed E-state index contributed by atoms with van der Waals surface area (Å²) in [5.74, 6) is 0.599. The normalized spacial score (nSPS) is 19.5. The third-order valence-corrected chi connectivity index (χ3v) is 5.44. The van der Waals surface area contributed by atoms with Gasteiger partial charge >= 0.3 is 6.09 Å². The minimum Gasteiger partial charge on any atom is -0.453 e. The first kappa shape index (κ1) is 19.5. The van der Waals surface area contributed by atoms with Gasteiger partial charge in [-0.15, -0.1) is 0 Å². The number of carbonyl (C=O) groups excluding carboxylic acids is 1. The molecule has 1 saturated heterocycles. The van der Waals surface area contributed by atoms with Gasteiger partial charge in [-0.3, -0.25) is 4.99 Å². The predicted molar refractivity (Wildman–Crippen MR) is 103 cm³/mol. The van der Waals surface area contributed by atoms with Crippen molar-refractivity contribution in [1.82, 2.24) is 15.5 Å². The van der Waals surface area contributed by atoms with Crippen LogP contribution in [0.3, 0.4) is 0 Å². The zero-order chi connectivity index (χ0) is 19.3. The van der Waals surface area contributed by atoms with Crippen molar-refractivity contribution in [3.05, 3.63) is 35.6 Å². The highest BCUT2D eigenvalue weighted by Crippen LogP contribution is 2.48. The fourth-order valence-electron chi connectivity index (χ4n) is 3.59. The van der Waals surface area contributed by atoms with Gasteiger partial charge in [-0.25, -0.2) is 9.18 Å². The standard InChI is InChI=1S/C20H29FN4O2/c1-3-22-18(24-17-7-11-25(12-8-17)19(26)27-2)23-14-20(9-10-20)15-5-4-6-16(21)13-15/h4-6,13,17H,3,7-12,14H2,1-2H3,(H2,22,23,24). The van der Waals surface area contributed by atoms with E-state index in [0.29, 0.717) is 19.6 Å². The van der Waals surface area contributed by atoms with E-state index in [-0.39, 0.29) is 23.4 Å². The summed E-state index contributed by atoms with van der Waals surface area (Å²) in [4.78, 5) is 18.1. The minimum absolute atomic E-state index is 0.0291. The van der Waals surface area contributed by atoms with E-state index >= 15 is 0 Å². The molecular weight excluding hydrogens is 347 g/mol. The van der Waals surface area contributed by atoms with Gasteiger partial charge in [0.2, 0.25) is 0 Å². The largest absolute Gasteiger partial charge is 0.453 e. The number of carbonyl (C=O) groups is 1. The summed E-state index contributed by atoms with van der Waals surface area (Å²) in [6.07, 6.45) is 3.52. The van der Waals surface area contributed by atoms with Crippen molar-refractivity contribution in [2.24, 2.45) is 4.99 Å².